The topological polar surface area (TPSA) is 29.3 Å². The lowest BCUT2D eigenvalue weighted by molar-refractivity contribution is 0.435. The fourth-order valence-electron chi connectivity index (χ4n) is 3.12. The number of benzene rings is 1. The van der Waals surface area contributed by atoms with Gasteiger partial charge in [0.15, 0.2) is 0 Å². The molecular formula is C17H28N2. The van der Waals surface area contributed by atoms with Gasteiger partial charge in [0.1, 0.15) is 0 Å². The minimum absolute atomic E-state index is 0.182. The van der Waals surface area contributed by atoms with E-state index in [1.807, 2.05) is 0 Å². The predicted octanol–water partition coefficient (Wildman–Crippen LogP) is 4.26. The number of hydrogen-bond donors (Lipinski definition) is 1. The number of nitrogens with two attached hydrogens (primary N) is 1. The smallest absolute Gasteiger partial charge is 0.0368 e. The van der Waals surface area contributed by atoms with Crippen LogP contribution in [0.25, 0.3) is 0 Å². The summed E-state index contributed by atoms with van der Waals surface area (Å²) in [5.41, 5.74) is 8.72. The predicted molar refractivity (Wildman–Crippen MR) is 83.6 cm³/mol. The molecule has 0 radical (unpaired) electrons. The molecule has 1 aromatic carbocycles. The Hall–Kier alpha value is -1.02. The van der Waals surface area contributed by atoms with E-state index in [4.69, 9.17) is 5.73 Å². The molecule has 106 valence electrons. The minimum atomic E-state index is 0.182. The highest BCUT2D eigenvalue weighted by atomic mass is 15.2. The largest absolute Gasteiger partial charge is 0.369 e. The Labute approximate surface area is 118 Å². The highest BCUT2D eigenvalue weighted by Gasteiger charge is 2.21. The molecule has 2 atom stereocenters. The third-order valence-electron chi connectivity index (χ3n) is 4.34. The first-order valence-electron chi connectivity index (χ1n) is 7.88. The van der Waals surface area contributed by atoms with Crippen LogP contribution in [0.15, 0.2) is 24.3 Å². The van der Waals surface area contributed by atoms with Gasteiger partial charge in [0.25, 0.3) is 0 Å². The molecule has 0 aromatic heterocycles. The molecule has 2 heteroatoms. The Bertz CT molecular complexity index is 369. The molecule has 1 aliphatic rings. The molecule has 1 unspecified atom stereocenters. The molecule has 1 fully saturated rings. The molecule has 0 bridgehead atoms. The maximum atomic E-state index is 6.08. The van der Waals surface area contributed by atoms with Gasteiger partial charge in [-0.3, -0.25) is 0 Å². The number of piperidine rings is 1. The summed E-state index contributed by atoms with van der Waals surface area (Å²) in [5, 5.41) is 0. The van der Waals surface area contributed by atoms with Crippen molar-refractivity contribution >= 4 is 5.69 Å². The Kier molecular flexibility index (Phi) is 5.26. The van der Waals surface area contributed by atoms with Crippen LogP contribution in [0.5, 0.6) is 0 Å². The zero-order chi connectivity index (χ0) is 13.7. The van der Waals surface area contributed by atoms with Gasteiger partial charge in [0, 0.05) is 24.3 Å². The van der Waals surface area contributed by atoms with Gasteiger partial charge < -0.3 is 10.6 Å². The van der Waals surface area contributed by atoms with Gasteiger partial charge in [-0.1, -0.05) is 32.4 Å². The molecule has 2 N–H and O–H groups in total. The van der Waals surface area contributed by atoms with Crippen LogP contribution in [0.2, 0.25) is 0 Å². The second-order valence-electron chi connectivity index (χ2n) is 5.74. The number of nitrogens with zero attached hydrogens (tertiary/aromatic N) is 1. The third kappa shape index (κ3) is 3.50. The lowest BCUT2D eigenvalue weighted by Crippen LogP contribution is -2.39. The first kappa shape index (κ1) is 14.4. The highest BCUT2D eigenvalue weighted by Crippen LogP contribution is 2.28. The molecule has 19 heavy (non-hydrogen) atoms. The first-order valence-corrected chi connectivity index (χ1v) is 7.88. The normalized spacial score (nSPS) is 21.4. The van der Waals surface area contributed by atoms with Crippen molar-refractivity contribution in [2.75, 3.05) is 11.4 Å². The van der Waals surface area contributed by atoms with Crippen LogP contribution in [0.3, 0.4) is 0 Å². The highest BCUT2D eigenvalue weighted by molar-refractivity contribution is 5.49. The van der Waals surface area contributed by atoms with Crippen LogP contribution in [0.4, 0.5) is 5.69 Å². The van der Waals surface area contributed by atoms with E-state index in [2.05, 4.69) is 43.0 Å². The van der Waals surface area contributed by atoms with Gasteiger partial charge in [-0.15, -0.1) is 0 Å². The second kappa shape index (κ2) is 6.95. The SMILES string of the molecule is CCCC1CCCCN1c1ccc([C@H](N)CC)cc1. The molecule has 0 aliphatic carbocycles. The summed E-state index contributed by atoms with van der Waals surface area (Å²) >= 11 is 0. The Morgan fingerprint density at radius 2 is 1.95 bits per heavy atom. The van der Waals surface area contributed by atoms with Crippen molar-refractivity contribution in [3.63, 3.8) is 0 Å². The maximum absolute atomic E-state index is 6.08. The molecule has 0 amide bonds. The van der Waals surface area contributed by atoms with Crippen LogP contribution in [0.1, 0.15) is 64.0 Å². The van der Waals surface area contributed by atoms with Crippen molar-refractivity contribution in [1.29, 1.82) is 0 Å². The van der Waals surface area contributed by atoms with Crippen molar-refractivity contribution in [3.8, 4) is 0 Å². The van der Waals surface area contributed by atoms with E-state index in [-0.39, 0.29) is 6.04 Å². The molecule has 2 rings (SSSR count). The van der Waals surface area contributed by atoms with Crippen molar-refractivity contribution in [2.24, 2.45) is 5.73 Å². The average Bonchev–Trinajstić information content (AvgIpc) is 2.47. The Morgan fingerprint density at radius 3 is 2.58 bits per heavy atom. The molecule has 0 saturated carbocycles. The van der Waals surface area contributed by atoms with Crippen LogP contribution >= 0.6 is 0 Å². The molecule has 1 saturated heterocycles. The molecule has 2 nitrogen and oxygen atoms in total. The van der Waals surface area contributed by atoms with E-state index in [1.54, 1.807) is 0 Å². The zero-order valence-corrected chi connectivity index (χ0v) is 12.4. The lowest BCUT2D eigenvalue weighted by Gasteiger charge is -2.37. The number of rotatable bonds is 5. The first-order chi connectivity index (χ1) is 9.26. The standard InChI is InChI=1S/C17H28N2/c1-3-7-15-8-5-6-13-19(15)16-11-9-14(10-12-16)17(18)4-2/h9-12,15,17H,3-8,13,18H2,1-2H3/t15?,17-/m1/s1. The molecule has 0 spiro atoms. The average molecular weight is 260 g/mol. The van der Waals surface area contributed by atoms with Gasteiger partial charge in [0.2, 0.25) is 0 Å². The fraction of sp³-hybridized carbons (Fsp3) is 0.647. The summed E-state index contributed by atoms with van der Waals surface area (Å²) in [5.74, 6) is 0. The van der Waals surface area contributed by atoms with Crippen LogP contribution in [-0.4, -0.2) is 12.6 Å². The monoisotopic (exact) mass is 260 g/mol. The van der Waals surface area contributed by atoms with E-state index < -0.39 is 0 Å². The number of hydrogen-bond acceptors (Lipinski definition) is 2. The zero-order valence-electron chi connectivity index (χ0n) is 12.4. The summed E-state index contributed by atoms with van der Waals surface area (Å²) in [6, 6.07) is 9.87. The fourth-order valence-corrected chi connectivity index (χ4v) is 3.12. The molecule has 1 heterocycles. The molecular weight excluding hydrogens is 232 g/mol. The summed E-state index contributed by atoms with van der Waals surface area (Å²) in [7, 11) is 0. The number of anilines is 1. The van der Waals surface area contributed by atoms with Gasteiger partial charge >= 0.3 is 0 Å². The quantitative estimate of drug-likeness (QED) is 0.857. The van der Waals surface area contributed by atoms with E-state index in [9.17, 15) is 0 Å². The Balaban J connectivity index is 2.11. The van der Waals surface area contributed by atoms with E-state index in [0.29, 0.717) is 0 Å². The third-order valence-corrected chi connectivity index (χ3v) is 4.34. The molecule has 1 aliphatic heterocycles. The maximum Gasteiger partial charge on any atom is 0.0368 e. The van der Waals surface area contributed by atoms with Gasteiger partial charge in [0.05, 0.1) is 0 Å². The van der Waals surface area contributed by atoms with E-state index in [0.717, 1.165) is 12.5 Å². The van der Waals surface area contributed by atoms with Crippen molar-refractivity contribution in [2.45, 2.75) is 64.5 Å². The van der Waals surface area contributed by atoms with Crippen LogP contribution < -0.4 is 10.6 Å². The summed E-state index contributed by atoms with van der Waals surface area (Å²) in [6.07, 6.45) is 7.66. The van der Waals surface area contributed by atoms with Gasteiger partial charge in [-0.25, -0.2) is 0 Å². The summed E-state index contributed by atoms with van der Waals surface area (Å²) in [4.78, 5) is 2.61. The summed E-state index contributed by atoms with van der Waals surface area (Å²) < 4.78 is 0. The van der Waals surface area contributed by atoms with Gasteiger partial charge in [-0.2, -0.15) is 0 Å². The van der Waals surface area contributed by atoms with Crippen molar-refractivity contribution in [1.82, 2.24) is 0 Å². The summed E-state index contributed by atoms with van der Waals surface area (Å²) in [6.45, 7) is 5.64. The Morgan fingerprint density at radius 1 is 1.21 bits per heavy atom. The lowest BCUT2D eigenvalue weighted by atomic mass is 9.97. The minimum Gasteiger partial charge on any atom is -0.369 e. The van der Waals surface area contributed by atoms with E-state index in [1.165, 1.54) is 49.9 Å². The van der Waals surface area contributed by atoms with Crippen LogP contribution in [-0.2, 0) is 0 Å². The van der Waals surface area contributed by atoms with E-state index >= 15 is 0 Å². The van der Waals surface area contributed by atoms with Crippen molar-refractivity contribution < 1.29 is 0 Å². The second-order valence-corrected chi connectivity index (χ2v) is 5.74. The van der Waals surface area contributed by atoms with Gasteiger partial charge in [-0.05, 0) is 49.8 Å². The molecule has 1 aromatic rings. The van der Waals surface area contributed by atoms with Crippen LogP contribution in [0, 0.1) is 0 Å². The van der Waals surface area contributed by atoms with Crippen molar-refractivity contribution in [3.05, 3.63) is 29.8 Å².